The van der Waals surface area contributed by atoms with E-state index in [2.05, 4.69) is 29.4 Å². The first-order valence-corrected chi connectivity index (χ1v) is 11.1. The van der Waals surface area contributed by atoms with Gasteiger partial charge in [0.25, 0.3) is 0 Å². The average Bonchev–Trinajstić information content (AvgIpc) is 3.27. The fourth-order valence-corrected chi connectivity index (χ4v) is 4.01. The molecular formula is C22H26ClN4O2P. The van der Waals surface area contributed by atoms with E-state index in [-0.39, 0.29) is 0 Å². The number of methoxy groups -OCH3 is 1. The molecule has 0 spiro atoms. The molecule has 0 amide bonds. The highest BCUT2D eigenvalue weighted by Crippen LogP contribution is 2.35. The fourth-order valence-electron chi connectivity index (χ4n) is 3.65. The number of halogens is 1. The highest BCUT2D eigenvalue weighted by atomic mass is 35.5. The maximum absolute atomic E-state index is 6.24. The molecule has 1 unspecified atom stereocenters. The molecule has 1 atom stereocenters. The van der Waals surface area contributed by atoms with Gasteiger partial charge in [0.2, 0.25) is 0 Å². The van der Waals surface area contributed by atoms with Crippen LogP contribution in [-0.2, 0) is 0 Å². The summed E-state index contributed by atoms with van der Waals surface area (Å²) in [7, 11) is 4.26. The summed E-state index contributed by atoms with van der Waals surface area (Å²) in [6.07, 6.45) is 5.15. The molecule has 1 aromatic heterocycles. The van der Waals surface area contributed by atoms with E-state index in [9.17, 15) is 0 Å². The molecule has 6 nitrogen and oxygen atoms in total. The molecule has 3 aromatic rings. The van der Waals surface area contributed by atoms with Crippen LogP contribution in [-0.4, -0.2) is 48.2 Å². The van der Waals surface area contributed by atoms with Gasteiger partial charge in [0, 0.05) is 28.7 Å². The molecule has 8 heteroatoms. The summed E-state index contributed by atoms with van der Waals surface area (Å²) in [5, 5.41) is 5.79. The van der Waals surface area contributed by atoms with E-state index in [1.54, 1.807) is 13.4 Å². The van der Waals surface area contributed by atoms with Crippen LogP contribution in [0.15, 0.2) is 36.7 Å². The van der Waals surface area contributed by atoms with Gasteiger partial charge in [-0.1, -0.05) is 17.7 Å². The lowest BCUT2D eigenvalue weighted by molar-refractivity contribution is 0.254. The van der Waals surface area contributed by atoms with E-state index in [1.165, 1.54) is 25.9 Å². The molecule has 1 N–H and O–H groups in total. The summed E-state index contributed by atoms with van der Waals surface area (Å²) >= 11 is 6.24. The van der Waals surface area contributed by atoms with E-state index in [4.69, 9.17) is 21.1 Å². The van der Waals surface area contributed by atoms with Gasteiger partial charge in [-0.05, 0) is 55.9 Å². The number of anilines is 2. The second kappa shape index (κ2) is 9.78. The first-order chi connectivity index (χ1) is 14.6. The van der Waals surface area contributed by atoms with Crippen LogP contribution in [0.25, 0.3) is 10.9 Å². The number of nitrogens with zero attached hydrogens (tertiary/aromatic N) is 3. The van der Waals surface area contributed by atoms with Crippen LogP contribution in [0.4, 0.5) is 11.5 Å². The molecule has 0 radical (unpaired) electrons. The average molecular weight is 445 g/mol. The van der Waals surface area contributed by atoms with Crippen LogP contribution in [0.5, 0.6) is 11.5 Å². The molecule has 2 aromatic carbocycles. The van der Waals surface area contributed by atoms with Crippen LogP contribution in [0.3, 0.4) is 0 Å². The third-order valence-corrected chi connectivity index (χ3v) is 6.27. The van der Waals surface area contributed by atoms with Crippen LogP contribution in [0.1, 0.15) is 19.3 Å². The smallest absolute Gasteiger partial charge is 0.163 e. The molecule has 0 bridgehead atoms. The van der Waals surface area contributed by atoms with Gasteiger partial charge in [-0.2, -0.15) is 0 Å². The number of ether oxygens (including phenoxy) is 2. The Morgan fingerprint density at radius 3 is 2.73 bits per heavy atom. The molecule has 1 saturated heterocycles. The zero-order valence-electron chi connectivity index (χ0n) is 17.0. The number of nitrogens with one attached hydrogen (secondary N) is 1. The lowest BCUT2D eigenvalue weighted by Gasteiger charge is -2.16. The van der Waals surface area contributed by atoms with Gasteiger partial charge in [0.1, 0.15) is 12.1 Å². The molecule has 1 aliphatic heterocycles. The molecule has 2 heterocycles. The van der Waals surface area contributed by atoms with Crippen molar-refractivity contribution in [3.8, 4) is 11.5 Å². The molecule has 0 aliphatic carbocycles. The van der Waals surface area contributed by atoms with Crippen molar-refractivity contribution >= 4 is 48.6 Å². The van der Waals surface area contributed by atoms with E-state index >= 15 is 0 Å². The molecule has 30 heavy (non-hydrogen) atoms. The monoisotopic (exact) mass is 444 g/mol. The van der Waals surface area contributed by atoms with Crippen LogP contribution in [0.2, 0.25) is 5.02 Å². The molecule has 158 valence electrons. The topological polar surface area (TPSA) is 59.5 Å². The molecule has 0 saturated carbocycles. The Morgan fingerprint density at radius 2 is 1.97 bits per heavy atom. The van der Waals surface area contributed by atoms with E-state index in [0.717, 1.165) is 34.9 Å². The van der Waals surface area contributed by atoms with E-state index in [0.29, 0.717) is 28.9 Å². The number of aromatic nitrogens is 2. The highest BCUT2D eigenvalue weighted by molar-refractivity contribution is 7.28. The normalized spacial score (nSPS) is 14.2. The quantitative estimate of drug-likeness (QED) is 0.410. The molecular weight excluding hydrogens is 419 g/mol. The van der Waals surface area contributed by atoms with Gasteiger partial charge in [-0.15, -0.1) is 9.24 Å². The van der Waals surface area contributed by atoms with Crippen molar-refractivity contribution in [2.24, 2.45) is 0 Å². The first-order valence-electron chi connectivity index (χ1n) is 10.1. The number of likely N-dealkylation sites (tertiary alicyclic amines) is 1. The number of rotatable bonds is 8. The Balaban J connectivity index is 1.51. The third kappa shape index (κ3) is 4.94. The number of fused-ring (bicyclic) bond motifs is 1. The van der Waals surface area contributed by atoms with Crippen LogP contribution >= 0.6 is 20.8 Å². The maximum Gasteiger partial charge on any atom is 0.163 e. The number of hydrogen-bond donors (Lipinski definition) is 1. The zero-order valence-corrected chi connectivity index (χ0v) is 18.9. The summed E-state index contributed by atoms with van der Waals surface area (Å²) in [5.41, 5.74) is 1.64. The molecule has 1 fully saturated rings. The lowest BCUT2D eigenvalue weighted by Crippen LogP contribution is -2.21. The lowest BCUT2D eigenvalue weighted by atomic mass is 10.2. The predicted molar refractivity (Wildman–Crippen MR) is 126 cm³/mol. The van der Waals surface area contributed by atoms with Gasteiger partial charge in [0.15, 0.2) is 11.5 Å². The first kappa shape index (κ1) is 21.1. The van der Waals surface area contributed by atoms with Gasteiger partial charge in [-0.25, -0.2) is 9.97 Å². The van der Waals surface area contributed by atoms with E-state index < -0.39 is 0 Å². The predicted octanol–water partition coefficient (Wildman–Crippen LogP) is 4.40. The van der Waals surface area contributed by atoms with Gasteiger partial charge >= 0.3 is 0 Å². The SMILES string of the molecule is COc1cc2c(Nc3ccc(P)c(Cl)c3)ncnc2cc1OCCCN1CCCC1. The molecule has 4 rings (SSSR count). The van der Waals surface area contributed by atoms with Crippen molar-refractivity contribution in [1.29, 1.82) is 0 Å². The van der Waals surface area contributed by atoms with E-state index in [1.807, 2.05) is 30.3 Å². The third-order valence-electron chi connectivity index (χ3n) is 5.26. The summed E-state index contributed by atoms with van der Waals surface area (Å²) in [6, 6.07) is 9.59. The second-order valence-electron chi connectivity index (χ2n) is 7.35. The van der Waals surface area contributed by atoms with Crippen molar-refractivity contribution in [2.75, 3.05) is 38.7 Å². The van der Waals surface area contributed by atoms with Crippen molar-refractivity contribution < 1.29 is 9.47 Å². The highest BCUT2D eigenvalue weighted by Gasteiger charge is 2.14. The Labute approximate surface area is 184 Å². The standard InChI is InChI=1S/C22H26ClN4O2P/c1-28-19-12-16-18(13-20(19)29-10-4-9-27-7-2-3-8-27)24-14-25-22(16)26-15-5-6-21(30)17(23)11-15/h5-6,11-14H,2-4,7-10,30H2,1H3,(H,24,25,26). The Hall–Kier alpha value is -2.14. The van der Waals surface area contributed by atoms with Crippen molar-refractivity contribution in [1.82, 2.24) is 14.9 Å². The minimum absolute atomic E-state index is 0.647. The Kier molecular flexibility index (Phi) is 6.88. The van der Waals surface area contributed by atoms with Crippen LogP contribution < -0.4 is 20.1 Å². The van der Waals surface area contributed by atoms with Gasteiger partial charge < -0.3 is 19.7 Å². The molecule has 1 aliphatic rings. The minimum Gasteiger partial charge on any atom is -0.493 e. The summed E-state index contributed by atoms with van der Waals surface area (Å²) in [4.78, 5) is 11.3. The number of benzene rings is 2. The fraction of sp³-hybridized carbons (Fsp3) is 0.364. The van der Waals surface area contributed by atoms with Crippen molar-refractivity contribution in [2.45, 2.75) is 19.3 Å². The minimum atomic E-state index is 0.647. The summed E-state index contributed by atoms with van der Waals surface area (Å²) in [6.45, 7) is 4.13. The Morgan fingerprint density at radius 1 is 1.13 bits per heavy atom. The second-order valence-corrected chi connectivity index (χ2v) is 8.38. The summed E-state index contributed by atoms with van der Waals surface area (Å²) in [5.74, 6) is 2.05. The van der Waals surface area contributed by atoms with Crippen molar-refractivity contribution in [3.05, 3.63) is 41.7 Å². The Bertz CT molecular complexity index is 1030. The van der Waals surface area contributed by atoms with Gasteiger partial charge in [-0.3, -0.25) is 0 Å². The van der Waals surface area contributed by atoms with Crippen LogP contribution in [0, 0.1) is 0 Å². The maximum atomic E-state index is 6.24. The largest absolute Gasteiger partial charge is 0.493 e. The summed E-state index contributed by atoms with van der Waals surface area (Å²) < 4.78 is 11.6. The van der Waals surface area contributed by atoms with Crippen molar-refractivity contribution in [3.63, 3.8) is 0 Å². The van der Waals surface area contributed by atoms with Gasteiger partial charge in [0.05, 0.1) is 19.2 Å². The number of hydrogen-bond acceptors (Lipinski definition) is 6. The zero-order chi connectivity index (χ0) is 20.9.